The number of nitrogens with zero attached hydrogens (tertiary/aromatic N) is 4. The molecule has 0 spiro atoms. The summed E-state index contributed by atoms with van der Waals surface area (Å²) >= 11 is 0. The summed E-state index contributed by atoms with van der Waals surface area (Å²) < 4.78 is 31.5. The van der Waals surface area contributed by atoms with Crippen LogP contribution in [-0.2, 0) is 23.6 Å². The number of hydrogen-bond acceptors (Lipinski definition) is 5. The van der Waals surface area contributed by atoms with Crippen LogP contribution >= 0.6 is 0 Å². The van der Waals surface area contributed by atoms with Crippen molar-refractivity contribution in [1.82, 2.24) is 23.4 Å². The molecule has 3 aromatic rings. The highest BCUT2D eigenvalue weighted by atomic mass is 32.2. The van der Waals surface area contributed by atoms with E-state index < -0.39 is 21.3 Å². The molecule has 3 heterocycles. The molecule has 1 fully saturated rings. The molecule has 4 rings (SSSR count). The number of benzene rings is 1. The second kappa shape index (κ2) is 7.84. The first-order valence-corrected chi connectivity index (χ1v) is 11.5. The van der Waals surface area contributed by atoms with E-state index in [-0.39, 0.29) is 16.3 Å². The second-order valence-corrected chi connectivity index (χ2v) is 9.61. The van der Waals surface area contributed by atoms with E-state index in [2.05, 4.69) is 9.97 Å². The maximum atomic E-state index is 13.5. The van der Waals surface area contributed by atoms with Crippen LogP contribution in [0, 0.1) is 6.92 Å². The van der Waals surface area contributed by atoms with Crippen molar-refractivity contribution in [1.29, 1.82) is 0 Å². The number of fused-ring (bicyclic) bond motifs is 1. The molecule has 1 aliphatic heterocycles. The number of H-pyrrole nitrogens is 1. The van der Waals surface area contributed by atoms with Crippen LogP contribution in [0.3, 0.4) is 0 Å². The van der Waals surface area contributed by atoms with Gasteiger partial charge in [-0.15, -0.1) is 0 Å². The average molecular weight is 432 g/mol. The zero-order valence-corrected chi connectivity index (χ0v) is 17.9. The third kappa shape index (κ3) is 3.61. The Bertz CT molecular complexity index is 1300. The molecule has 0 amide bonds. The fraction of sp³-hybridized carbons (Fsp3) is 0.450. The summed E-state index contributed by atoms with van der Waals surface area (Å²) in [5.74, 6) is 0.902. The van der Waals surface area contributed by atoms with Gasteiger partial charge in [-0.05, 0) is 44.4 Å². The molecule has 1 unspecified atom stereocenters. The summed E-state index contributed by atoms with van der Waals surface area (Å²) in [6.45, 7) is 3.08. The van der Waals surface area contributed by atoms with Gasteiger partial charge in [-0.1, -0.05) is 6.42 Å². The van der Waals surface area contributed by atoms with E-state index in [1.54, 1.807) is 10.5 Å². The first-order chi connectivity index (χ1) is 14.3. The number of nitrogens with one attached hydrogen (secondary N) is 1. The largest absolute Gasteiger partial charge is 0.335 e. The van der Waals surface area contributed by atoms with Crippen LogP contribution in [0.15, 0.2) is 45.1 Å². The number of rotatable bonds is 5. The molecule has 1 atom stereocenters. The lowest BCUT2D eigenvalue weighted by atomic mass is 10.0. The fourth-order valence-corrected chi connectivity index (χ4v) is 5.83. The predicted octanol–water partition coefficient (Wildman–Crippen LogP) is 1.37. The summed E-state index contributed by atoms with van der Waals surface area (Å²) in [5, 5.41) is 0.181. The van der Waals surface area contributed by atoms with E-state index in [1.807, 2.05) is 17.7 Å². The highest BCUT2D eigenvalue weighted by molar-refractivity contribution is 7.89. The summed E-state index contributed by atoms with van der Waals surface area (Å²) in [5.41, 5.74) is -0.724. The lowest BCUT2D eigenvalue weighted by Gasteiger charge is -2.35. The number of aromatic amines is 1. The van der Waals surface area contributed by atoms with E-state index in [1.165, 1.54) is 25.2 Å². The van der Waals surface area contributed by atoms with Crippen LogP contribution in [0.25, 0.3) is 10.9 Å². The van der Waals surface area contributed by atoms with E-state index in [0.717, 1.165) is 29.7 Å². The fourth-order valence-electron chi connectivity index (χ4n) is 4.08. The van der Waals surface area contributed by atoms with E-state index in [9.17, 15) is 18.0 Å². The molecule has 0 radical (unpaired) electrons. The van der Waals surface area contributed by atoms with Gasteiger partial charge in [0, 0.05) is 38.6 Å². The van der Waals surface area contributed by atoms with Gasteiger partial charge in [0.15, 0.2) is 0 Å². The standard InChI is InChI=1S/C20H25N5O4S/c1-14-21-9-12-24(14)11-8-15-5-3-4-10-25(15)30(28,29)16-6-7-18-17(13-16)19(26)23(2)20(27)22-18/h6-7,9,12-13,15H,3-5,8,10-11H2,1-2H3,(H,22,27). The number of hydrogen-bond donors (Lipinski definition) is 1. The molecule has 0 saturated carbocycles. The predicted molar refractivity (Wildman–Crippen MR) is 113 cm³/mol. The van der Waals surface area contributed by atoms with Crippen LogP contribution in [0.5, 0.6) is 0 Å². The number of aromatic nitrogens is 4. The average Bonchev–Trinajstić information content (AvgIpc) is 3.15. The SMILES string of the molecule is Cc1nccn1CCC1CCCCN1S(=O)(=O)c1ccc2[nH]c(=O)n(C)c(=O)c2c1. The van der Waals surface area contributed by atoms with Gasteiger partial charge in [0.1, 0.15) is 5.82 Å². The Hall–Kier alpha value is -2.72. The summed E-state index contributed by atoms with van der Waals surface area (Å²) in [7, 11) is -2.41. The second-order valence-electron chi connectivity index (χ2n) is 7.72. The molecule has 9 nitrogen and oxygen atoms in total. The molecule has 160 valence electrons. The first-order valence-electron chi connectivity index (χ1n) is 10.0. The number of sulfonamides is 1. The van der Waals surface area contributed by atoms with E-state index in [0.29, 0.717) is 25.0 Å². The molecule has 0 aliphatic carbocycles. The third-order valence-electron chi connectivity index (χ3n) is 5.88. The quantitative estimate of drug-likeness (QED) is 0.656. The third-order valence-corrected chi connectivity index (χ3v) is 7.83. The molecule has 1 aliphatic rings. The first kappa shape index (κ1) is 20.5. The molecule has 1 saturated heterocycles. The molecular weight excluding hydrogens is 406 g/mol. The van der Waals surface area contributed by atoms with Gasteiger partial charge < -0.3 is 9.55 Å². The Morgan fingerprint density at radius 1 is 1.23 bits per heavy atom. The van der Waals surface area contributed by atoms with Crippen molar-refractivity contribution in [2.45, 2.75) is 50.1 Å². The maximum Gasteiger partial charge on any atom is 0.328 e. The van der Waals surface area contributed by atoms with Crippen molar-refractivity contribution in [3.05, 3.63) is 57.3 Å². The minimum absolute atomic E-state index is 0.0739. The number of imidazole rings is 1. The molecule has 0 bridgehead atoms. The van der Waals surface area contributed by atoms with Crippen molar-refractivity contribution in [2.24, 2.45) is 7.05 Å². The Morgan fingerprint density at radius 2 is 2.03 bits per heavy atom. The van der Waals surface area contributed by atoms with Gasteiger partial charge in [0.2, 0.25) is 10.0 Å². The zero-order valence-electron chi connectivity index (χ0n) is 17.0. The van der Waals surface area contributed by atoms with Gasteiger partial charge in [0.05, 0.1) is 15.8 Å². The topological polar surface area (TPSA) is 110 Å². The molecule has 30 heavy (non-hydrogen) atoms. The Morgan fingerprint density at radius 3 is 2.77 bits per heavy atom. The zero-order chi connectivity index (χ0) is 21.5. The Balaban J connectivity index is 1.67. The lowest BCUT2D eigenvalue weighted by Crippen LogP contribution is -2.44. The van der Waals surface area contributed by atoms with Crippen LogP contribution in [-0.4, -0.2) is 44.4 Å². The summed E-state index contributed by atoms with van der Waals surface area (Å²) in [6.07, 6.45) is 6.93. The smallest absolute Gasteiger partial charge is 0.328 e. The molecule has 1 N–H and O–H groups in total. The molecule has 10 heteroatoms. The lowest BCUT2D eigenvalue weighted by molar-refractivity contribution is 0.233. The maximum absolute atomic E-state index is 13.5. The van der Waals surface area contributed by atoms with Crippen LogP contribution < -0.4 is 11.2 Å². The van der Waals surface area contributed by atoms with Gasteiger partial charge >= 0.3 is 5.69 Å². The van der Waals surface area contributed by atoms with Crippen molar-refractivity contribution < 1.29 is 8.42 Å². The van der Waals surface area contributed by atoms with Crippen LogP contribution in [0.2, 0.25) is 0 Å². The minimum Gasteiger partial charge on any atom is -0.335 e. The Labute approximate surface area is 174 Å². The number of piperidine rings is 1. The molecule has 2 aromatic heterocycles. The normalized spacial score (nSPS) is 18.1. The van der Waals surface area contributed by atoms with Gasteiger partial charge in [0.25, 0.3) is 5.56 Å². The Kier molecular flexibility index (Phi) is 5.37. The number of aryl methyl sites for hydroxylation is 2. The minimum atomic E-state index is -3.78. The van der Waals surface area contributed by atoms with E-state index in [4.69, 9.17) is 0 Å². The molecule has 1 aromatic carbocycles. The van der Waals surface area contributed by atoms with Crippen molar-refractivity contribution in [3.8, 4) is 0 Å². The van der Waals surface area contributed by atoms with E-state index >= 15 is 0 Å². The van der Waals surface area contributed by atoms with Crippen molar-refractivity contribution in [3.63, 3.8) is 0 Å². The monoisotopic (exact) mass is 431 g/mol. The van der Waals surface area contributed by atoms with Crippen LogP contribution in [0.4, 0.5) is 0 Å². The van der Waals surface area contributed by atoms with Crippen molar-refractivity contribution in [2.75, 3.05) is 6.54 Å². The van der Waals surface area contributed by atoms with Gasteiger partial charge in [-0.3, -0.25) is 9.36 Å². The highest BCUT2D eigenvalue weighted by Crippen LogP contribution is 2.28. The molecular formula is C20H25N5O4S. The summed E-state index contributed by atoms with van der Waals surface area (Å²) in [4.78, 5) is 31.1. The highest BCUT2D eigenvalue weighted by Gasteiger charge is 2.33. The van der Waals surface area contributed by atoms with Crippen molar-refractivity contribution >= 4 is 20.9 Å². The van der Waals surface area contributed by atoms with Crippen LogP contribution in [0.1, 0.15) is 31.5 Å². The summed E-state index contributed by atoms with van der Waals surface area (Å²) in [6, 6.07) is 4.20. The van der Waals surface area contributed by atoms with Gasteiger partial charge in [-0.25, -0.2) is 18.2 Å². The van der Waals surface area contributed by atoms with Gasteiger partial charge in [-0.2, -0.15) is 4.31 Å².